The summed E-state index contributed by atoms with van der Waals surface area (Å²) < 4.78 is 46.7. The Morgan fingerprint density at radius 3 is 2.71 bits per heavy atom. The largest absolute Gasteiger partial charge is 0.493 e. The fraction of sp³-hybridized carbons (Fsp3) is 0.474. The number of benzene rings is 1. The number of hydrogen-bond acceptors (Lipinski definition) is 5. The molecule has 0 saturated carbocycles. The van der Waals surface area contributed by atoms with Crippen molar-refractivity contribution in [2.75, 3.05) is 19.0 Å². The molecule has 154 valence electrons. The van der Waals surface area contributed by atoms with Gasteiger partial charge in [-0.25, -0.2) is 4.98 Å². The van der Waals surface area contributed by atoms with Gasteiger partial charge in [-0.1, -0.05) is 19.9 Å². The van der Waals surface area contributed by atoms with E-state index in [1.54, 1.807) is 12.1 Å². The van der Waals surface area contributed by atoms with Crippen LogP contribution in [0.2, 0.25) is 0 Å². The van der Waals surface area contributed by atoms with Crippen molar-refractivity contribution in [2.45, 2.75) is 45.2 Å². The average Bonchev–Trinajstić information content (AvgIpc) is 3.12. The number of carbonyl (C=O) groups excluding carboxylic acids is 1. The molecule has 9 heteroatoms. The minimum Gasteiger partial charge on any atom is -0.493 e. The van der Waals surface area contributed by atoms with Gasteiger partial charge in [-0.05, 0) is 36.5 Å². The number of alkyl halides is 3. The lowest BCUT2D eigenvalue weighted by Gasteiger charge is -2.13. The number of thiazole rings is 1. The average molecular weight is 416 g/mol. The Hall–Kier alpha value is -2.29. The summed E-state index contributed by atoms with van der Waals surface area (Å²) in [6.07, 6.45) is -2.83. The number of nitrogens with zero attached hydrogens (tertiary/aromatic N) is 1. The maximum atomic E-state index is 12.3. The number of anilines is 1. The number of halogens is 3. The highest BCUT2D eigenvalue weighted by molar-refractivity contribution is 7.13. The number of aromatic nitrogens is 1. The van der Waals surface area contributed by atoms with E-state index >= 15 is 0 Å². The number of nitrogens with one attached hydrogen (secondary N) is 1. The second-order valence-electron chi connectivity index (χ2n) is 6.32. The Balaban J connectivity index is 1.91. The van der Waals surface area contributed by atoms with Gasteiger partial charge in [-0.2, -0.15) is 13.2 Å². The predicted octanol–water partition coefficient (Wildman–Crippen LogP) is 5.18. The minimum absolute atomic E-state index is 0.00776. The van der Waals surface area contributed by atoms with E-state index in [9.17, 15) is 18.0 Å². The summed E-state index contributed by atoms with van der Waals surface area (Å²) in [5.74, 6) is 0.363. The van der Waals surface area contributed by atoms with Crippen molar-refractivity contribution in [1.82, 2.24) is 4.98 Å². The smallest absolute Gasteiger partial charge is 0.422 e. The van der Waals surface area contributed by atoms with Crippen LogP contribution in [0.3, 0.4) is 0 Å². The van der Waals surface area contributed by atoms with Gasteiger partial charge in [0.1, 0.15) is 0 Å². The number of carbonyl (C=O) groups is 1. The van der Waals surface area contributed by atoms with Crippen LogP contribution in [-0.2, 0) is 11.2 Å². The van der Waals surface area contributed by atoms with Crippen LogP contribution < -0.4 is 14.8 Å². The van der Waals surface area contributed by atoms with Crippen molar-refractivity contribution in [1.29, 1.82) is 0 Å². The molecule has 1 heterocycles. The summed E-state index contributed by atoms with van der Waals surface area (Å²) in [6, 6.07) is 4.60. The molecule has 2 rings (SSSR count). The molecule has 1 N–H and O–H groups in total. The van der Waals surface area contributed by atoms with Crippen LogP contribution in [-0.4, -0.2) is 30.8 Å². The lowest BCUT2D eigenvalue weighted by atomic mass is 10.1. The van der Waals surface area contributed by atoms with E-state index < -0.39 is 12.8 Å². The van der Waals surface area contributed by atoms with Crippen molar-refractivity contribution in [3.8, 4) is 11.5 Å². The third-order valence-electron chi connectivity index (χ3n) is 4.15. The molecule has 2 aromatic rings. The Labute approximate surface area is 165 Å². The summed E-state index contributed by atoms with van der Waals surface area (Å²) in [5, 5.41) is 5.28. The molecular weight excluding hydrogens is 393 g/mol. The second kappa shape index (κ2) is 9.77. The minimum atomic E-state index is -4.42. The molecule has 1 unspecified atom stereocenters. The molecule has 0 aliphatic rings. The van der Waals surface area contributed by atoms with Gasteiger partial charge < -0.3 is 14.8 Å². The van der Waals surface area contributed by atoms with Gasteiger partial charge in [0.25, 0.3) is 0 Å². The molecule has 0 radical (unpaired) electrons. The first-order valence-corrected chi connectivity index (χ1v) is 9.71. The molecule has 1 aromatic heterocycles. The Bertz CT molecular complexity index is 793. The topological polar surface area (TPSA) is 60.5 Å². The third kappa shape index (κ3) is 6.70. The number of rotatable bonds is 9. The Morgan fingerprint density at radius 2 is 2.07 bits per heavy atom. The molecule has 0 bridgehead atoms. The summed E-state index contributed by atoms with van der Waals surface area (Å²) in [6.45, 7) is 2.77. The summed E-state index contributed by atoms with van der Waals surface area (Å²) in [5.41, 5.74) is 1.72. The summed E-state index contributed by atoms with van der Waals surface area (Å²) in [4.78, 5) is 16.6. The first kappa shape index (κ1) is 22.0. The van der Waals surface area contributed by atoms with Crippen LogP contribution in [0.1, 0.15) is 43.9 Å². The van der Waals surface area contributed by atoms with Gasteiger partial charge >= 0.3 is 6.18 Å². The molecule has 28 heavy (non-hydrogen) atoms. The van der Waals surface area contributed by atoms with Crippen LogP contribution in [0.4, 0.5) is 18.3 Å². The molecule has 1 aromatic carbocycles. The molecule has 1 atom stereocenters. The van der Waals surface area contributed by atoms with Gasteiger partial charge in [0.05, 0.1) is 12.8 Å². The second-order valence-corrected chi connectivity index (χ2v) is 7.18. The maximum Gasteiger partial charge on any atom is 0.422 e. The van der Waals surface area contributed by atoms with E-state index in [-0.39, 0.29) is 23.8 Å². The van der Waals surface area contributed by atoms with E-state index in [0.29, 0.717) is 17.5 Å². The van der Waals surface area contributed by atoms with E-state index in [1.807, 2.05) is 5.38 Å². The SMILES string of the molecule is CCC(C)c1csc(NC(=O)CCc2ccc(OCC(F)(F)F)c(OC)c2)n1. The maximum absolute atomic E-state index is 12.3. The lowest BCUT2D eigenvalue weighted by Crippen LogP contribution is -2.19. The predicted molar refractivity (Wildman–Crippen MR) is 102 cm³/mol. The first-order chi connectivity index (χ1) is 13.2. The highest BCUT2D eigenvalue weighted by Crippen LogP contribution is 2.30. The molecule has 0 spiro atoms. The number of hydrogen-bond donors (Lipinski definition) is 1. The van der Waals surface area contributed by atoms with Crippen molar-refractivity contribution < 1.29 is 27.4 Å². The van der Waals surface area contributed by atoms with Gasteiger partial charge in [0.2, 0.25) is 5.91 Å². The molecule has 5 nitrogen and oxygen atoms in total. The summed E-state index contributed by atoms with van der Waals surface area (Å²) >= 11 is 1.39. The molecular formula is C19H23F3N2O3S. The third-order valence-corrected chi connectivity index (χ3v) is 4.92. The highest BCUT2D eigenvalue weighted by atomic mass is 32.1. The van der Waals surface area contributed by atoms with E-state index in [4.69, 9.17) is 9.47 Å². The molecule has 0 aliphatic carbocycles. The van der Waals surface area contributed by atoms with Crippen LogP contribution in [0.5, 0.6) is 11.5 Å². The van der Waals surface area contributed by atoms with E-state index in [1.165, 1.54) is 24.5 Å². The quantitative estimate of drug-likeness (QED) is 0.612. The van der Waals surface area contributed by atoms with Gasteiger partial charge in [-0.15, -0.1) is 11.3 Å². The van der Waals surface area contributed by atoms with Crippen molar-refractivity contribution in [3.05, 3.63) is 34.8 Å². The number of ether oxygens (including phenoxy) is 2. The molecule has 0 fully saturated rings. The number of aryl methyl sites for hydroxylation is 1. The zero-order valence-corrected chi connectivity index (χ0v) is 16.7. The van der Waals surface area contributed by atoms with Crippen LogP contribution >= 0.6 is 11.3 Å². The number of amides is 1. The van der Waals surface area contributed by atoms with Gasteiger partial charge in [0.15, 0.2) is 23.2 Å². The molecule has 1 amide bonds. The van der Waals surface area contributed by atoms with E-state index in [2.05, 4.69) is 24.1 Å². The van der Waals surface area contributed by atoms with Gasteiger partial charge in [-0.3, -0.25) is 4.79 Å². The molecule has 0 saturated heterocycles. The summed E-state index contributed by atoms with van der Waals surface area (Å²) in [7, 11) is 1.35. The van der Waals surface area contributed by atoms with Crippen LogP contribution in [0.25, 0.3) is 0 Å². The highest BCUT2D eigenvalue weighted by Gasteiger charge is 2.29. The van der Waals surface area contributed by atoms with Gasteiger partial charge in [0, 0.05) is 11.8 Å². The van der Waals surface area contributed by atoms with E-state index in [0.717, 1.165) is 17.7 Å². The first-order valence-electron chi connectivity index (χ1n) is 8.83. The van der Waals surface area contributed by atoms with Crippen molar-refractivity contribution >= 4 is 22.4 Å². The fourth-order valence-corrected chi connectivity index (χ4v) is 3.21. The number of methoxy groups -OCH3 is 1. The van der Waals surface area contributed by atoms with Crippen LogP contribution in [0.15, 0.2) is 23.6 Å². The monoisotopic (exact) mass is 416 g/mol. The zero-order valence-electron chi connectivity index (χ0n) is 15.9. The lowest BCUT2D eigenvalue weighted by molar-refractivity contribution is -0.153. The Morgan fingerprint density at radius 1 is 1.32 bits per heavy atom. The van der Waals surface area contributed by atoms with Crippen LogP contribution in [0, 0.1) is 0 Å². The fourth-order valence-electron chi connectivity index (χ4n) is 2.37. The standard InChI is InChI=1S/C19H23F3N2O3S/c1-4-12(2)14-10-28-18(23-14)24-17(25)8-6-13-5-7-15(16(9-13)26-3)27-11-19(20,21)22/h5,7,9-10,12H,4,6,8,11H2,1-3H3,(H,23,24,25). The molecule has 0 aliphatic heterocycles. The normalized spacial score (nSPS) is 12.5. The van der Waals surface area contributed by atoms with Crippen molar-refractivity contribution in [2.24, 2.45) is 0 Å². The van der Waals surface area contributed by atoms with Crippen molar-refractivity contribution in [3.63, 3.8) is 0 Å². The Kier molecular flexibility index (Phi) is 7.68. The zero-order chi connectivity index (χ0) is 20.7.